The monoisotopic (exact) mass is 277 g/mol. The summed E-state index contributed by atoms with van der Waals surface area (Å²) in [4.78, 5) is 1.29. The number of piperidine rings is 1. The minimum absolute atomic E-state index is 0. The van der Waals surface area contributed by atoms with Crippen molar-refractivity contribution in [1.82, 2.24) is 5.32 Å². The van der Waals surface area contributed by atoms with E-state index in [0.717, 1.165) is 10.9 Å². The lowest BCUT2D eigenvalue weighted by Gasteiger charge is -2.22. The summed E-state index contributed by atoms with van der Waals surface area (Å²) in [7, 11) is 0. The van der Waals surface area contributed by atoms with Crippen molar-refractivity contribution in [3.8, 4) is 0 Å². The maximum Gasteiger partial charge on any atom is 0.0417 e. The van der Waals surface area contributed by atoms with Gasteiger partial charge in [0.15, 0.2) is 0 Å². The minimum Gasteiger partial charge on any atom is -0.316 e. The third-order valence-electron chi connectivity index (χ3n) is 2.68. The van der Waals surface area contributed by atoms with Gasteiger partial charge >= 0.3 is 0 Å². The lowest BCUT2D eigenvalue weighted by atomic mass is 10.0. The molecule has 1 heterocycles. The van der Waals surface area contributed by atoms with Gasteiger partial charge in [0, 0.05) is 15.7 Å². The van der Waals surface area contributed by atoms with Gasteiger partial charge in [-0.3, -0.25) is 0 Å². The molecule has 1 saturated heterocycles. The molecule has 0 radical (unpaired) electrons. The van der Waals surface area contributed by atoms with Crippen LogP contribution in [-0.4, -0.2) is 18.8 Å². The molecule has 1 N–H and O–H groups in total. The van der Waals surface area contributed by atoms with E-state index in [1.165, 1.54) is 36.6 Å². The topological polar surface area (TPSA) is 12.0 Å². The van der Waals surface area contributed by atoms with Crippen LogP contribution in [-0.2, 0) is 0 Å². The largest absolute Gasteiger partial charge is 0.316 e. The molecule has 1 atom stereocenters. The third-order valence-corrected chi connectivity index (χ3v) is 4.14. The van der Waals surface area contributed by atoms with Crippen LogP contribution in [0.4, 0.5) is 0 Å². The Morgan fingerprint density at radius 3 is 3.00 bits per heavy atom. The van der Waals surface area contributed by atoms with Gasteiger partial charge < -0.3 is 5.32 Å². The van der Waals surface area contributed by atoms with Crippen LogP contribution in [0.25, 0.3) is 0 Å². The predicted molar refractivity (Wildman–Crippen MR) is 75.0 cm³/mol. The summed E-state index contributed by atoms with van der Waals surface area (Å²) in [6, 6.07) is 8.12. The smallest absolute Gasteiger partial charge is 0.0417 e. The van der Waals surface area contributed by atoms with Gasteiger partial charge in [-0.05, 0) is 50.0 Å². The average Bonchev–Trinajstić information content (AvgIpc) is 2.28. The molecule has 4 heteroatoms. The Balaban J connectivity index is 0.00000128. The lowest BCUT2D eigenvalue weighted by molar-refractivity contribution is 0.410. The zero-order valence-electron chi connectivity index (χ0n) is 9.12. The normalized spacial score (nSPS) is 20.2. The van der Waals surface area contributed by atoms with Gasteiger partial charge in [-0.15, -0.1) is 24.2 Å². The molecule has 0 amide bonds. The number of rotatable bonds is 3. The van der Waals surface area contributed by atoms with Gasteiger partial charge in [0.2, 0.25) is 0 Å². The molecule has 1 unspecified atom stereocenters. The van der Waals surface area contributed by atoms with Crippen LogP contribution in [0.2, 0.25) is 5.02 Å². The Morgan fingerprint density at radius 2 is 2.31 bits per heavy atom. The predicted octanol–water partition coefficient (Wildman–Crippen LogP) is 3.85. The Hall–Kier alpha value is 0.110. The Labute approximate surface area is 113 Å². The minimum atomic E-state index is 0. The zero-order valence-corrected chi connectivity index (χ0v) is 11.5. The fourth-order valence-corrected chi connectivity index (χ4v) is 3.19. The first-order chi connectivity index (χ1) is 7.34. The van der Waals surface area contributed by atoms with Crippen molar-refractivity contribution >= 4 is 35.8 Å². The number of nitrogens with one attached hydrogen (secondary N) is 1. The van der Waals surface area contributed by atoms with Gasteiger partial charge in [0.25, 0.3) is 0 Å². The average molecular weight is 278 g/mol. The molecule has 90 valence electrons. The molecule has 0 saturated carbocycles. The lowest BCUT2D eigenvalue weighted by Crippen LogP contribution is -2.30. The maximum absolute atomic E-state index is 5.94. The van der Waals surface area contributed by atoms with Crippen molar-refractivity contribution in [3.63, 3.8) is 0 Å². The van der Waals surface area contributed by atoms with Gasteiger partial charge in [-0.25, -0.2) is 0 Å². The SMILES string of the molecule is Cl.Clc1cccc(SCC2CCCNC2)c1. The molecule has 1 aliphatic rings. The van der Waals surface area contributed by atoms with Crippen molar-refractivity contribution in [2.45, 2.75) is 17.7 Å². The summed E-state index contributed by atoms with van der Waals surface area (Å²) in [5.41, 5.74) is 0. The molecule has 16 heavy (non-hydrogen) atoms. The molecule has 0 aromatic heterocycles. The van der Waals surface area contributed by atoms with E-state index in [9.17, 15) is 0 Å². The van der Waals surface area contributed by atoms with E-state index in [0.29, 0.717) is 0 Å². The van der Waals surface area contributed by atoms with Crippen LogP contribution in [0.15, 0.2) is 29.2 Å². The van der Waals surface area contributed by atoms with Crippen LogP contribution in [0, 0.1) is 5.92 Å². The number of hydrogen-bond donors (Lipinski definition) is 1. The second-order valence-corrected chi connectivity index (χ2v) is 5.51. The van der Waals surface area contributed by atoms with Gasteiger partial charge in [0.05, 0.1) is 0 Å². The zero-order chi connectivity index (χ0) is 10.5. The van der Waals surface area contributed by atoms with E-state index in [1.54, 1.807) is 0 Å². The number of thioether (sulfide) groups is 1. The summed E-state index contributed by atoms with van der Waals surface area (Å²) in [6.07, 6.45) is 2.68. The van der Waals surface area contributed by atoms with E-state index in [-0.39, 0.29) is 12.4 Å². The first kappa shape index (κ1) is 14.2. The molecule has 0 aliphatic carbocycles. The Morgan fingerprint density at radius 1 is 1.44 bits per heavy atom. The summed E-state index contributed by atoms with van der Waals surface area (Å²) in [5, 5.41) is 4.28. The van der Waals surface area contributed by atoms with Crippen LogP contribution in [0.5, 0.6) is 0 Å². The van der Waals surface area contributed by atoms with Crippen LogP contribution >= 0.6 is 35.8 Å². The van der Waals surface area contributed by atoms with Crippen molar-refractivity contribution < 1.29 is 0 Å². The molecule has 1 aliphatic heterocycles. The fraction of sp³-hybridized carbons (Fsp3) is 0.500. The van der Waals surface area contributed by atoms with Crippen LogP contribution in [0.1, 0.15) is 12.8 Å². The highest BCUT2D eigenvalue weighted by atomic mass is 35.5. The second-order valence-electron chi connectivity index (χ2n) is 3.98. The standard InChI is InChI=1S/C12H16ClNS.ClH/c13-11-4-1-5-12(7-11)15-9-10-3-2-6-14-8-10;/h1,4-5,7,10,14H,2-3,6,8-9H2;1H. The summed E-state index contributed by atoms with van der Waals surface area (Å²) in [5.74, 6) is 2.02. The summed E-state index contributed by atoms with van der Waals surface area (Å²) < 4.78 is 0. The summed E-state index contributed by atoms with van der Waals surface area (Å²) in [6.45, 7) is 2.37. The first-order valence-electron chi connectivity index (χ1n) is 5.44. The van der Waals surface area contributed by atoms with Crippen molar-refractivity contribution in [3.05, 3.63) is 29.3 Å². The highest BCUT2D eigenvalue weighted by Gasteiger charge is 2.12. The maximum atomic E-state index is 5.94. The van der Waals surface area contributed by atoms with Crippen LogP contribution < -0.4 is 5.32 Å². The molecule has 1 aromatic carbocycles. The number of hydrogen-bond acceptors (Lipinski definition) is 2. The second kappa shape index (κ2) is 7.44. The van der Waals surface area contributed by atoms with Gasteiger partial charge in [-0.1, -0.05) is 17.7 Å². The van der Waals surface area contributed by atoms with Crippen molar-refractivity contribution in [2.24, 2.45) is 5.92 Å². The van der Waals surface area contributed by atoms with E-state index < -0.39 is 0 Å². The number of benzene rings is 1. The van der Waals surface area contributed by atoms with Crippen molar-refractivity contribution in [1.29, 1.82) is 0 Å². The van der Waals surface area contributed by atoms with E-state index in [2.05, 4.69) is 11.4 Å². The Bertz CT molecular complexity index is 314. The van der Waals surface area contributed by atoms with E-state index >= 15 is 0 Å². The fourth-order valence-electron chi connectivity index (χ4n) is 1.84. The van der Waals surface area contributed by atoms with Crippen molar-refractivity contribution in [2.75, 3.05) is 18.8 Å². The van der Waals surface area contributed by atoms with Gasteiger partial charge in [-0.2, -0.15) is 0 Å². The molecule has 0 bridgehead atoms. The molecule has 2 rings (SSSR count). The van der Waals surface area contributed by atoms with E-state index in [4.69, 9.17) is 11.6 Å². The molecule has 0 spiro atoms. The molecular formula is C12H17Cl2NS. The van der Waals surface area contributed by atoms with Gasteiger partial charge in [0.1, 0.15) is 0 Å². The highest BCUT2D eigenvalue weighted by molar-refractivity contribution is 7.99. The Kier molecular flexibility index (Phi) is 6.59. The number of halogens is 2. The van der Waals surface area contributed by atoms with Crippen LogP contribution in [0.3, 0.4) is 0 Å². The molecule has 1 nitrogen and oxygen atoms in total. The quantitative estimate of drug-likeness (QED) is 0.843. The molecular weight excluding hydrogens is 261 g/mol. The molecule has 1 aromatic rings. The molecule has 1 fully saturated rings. The van der Waals surface area contributed by atoms with E-state index in [1.807, 2.05) is 30.0 Å². The summed E-state index contributed by atoms with van der Waals surface area (Å²) >= 11 is 7.86. The highest BCUT2D eigenvalue weighted by Crippen LogP contribution is 2.25. The third kappa shape index (κ3) is 4.54. The first-order valence-corrected chi connectivity index (χ1v) is 6.80.